The highest BCUT2D eigenvalue weighted by atomic mass is 32.2. The number of rotatable bonds is 3. The van der Waals surface area contributed by atoms with E-state index in [-0.39, 0.29) is 6.54 Å². The monoisotopic (exact) mass is 287 g/mol. The van der Waals surface area contributed by atoms with Crippen LogP contribution in [0.1, 0.15) is 29.3 Å². The Morgan fingerprint density at radius 3 is 2.74 bits per heavy atom. The van der Waals surface area contributed by atoms with Crippen molar-refractivity contribution in [2.24, 2.45) is 5.92 Å². The molecule has 0 radical (unpaired) electrons. The van der Waals surface area contributed by atoms with Gasteiger partial charge in [-0.05, 0) is 36.3 Å². The molecule has 0 amide bonds. The molecular formula is C14H16F3NS. The van der Waals surface area contributed by atoms with Crippen LogP contribution in [0, 0.1) is 5.92 Å². The summed E-state index contributed by atoms with van der Waals surface area (Å²) in [5.74, 6) is 1.29. The SMILES string of the molecule is FC(F)(F)N1CCSC1c1cccc(CC2CC2)c1. The molecule has 1 aromatic rings. The molecule has 1 unspecified atom stereocenters. The van der Waals surface area contributed by atoms with E-state index in [4.69, 9.17) is 0 Å². The Hall–Kier alpha value is -0.680. The van der Waals surface area contributed by atoms with Crippen molar-refractivity contribution >= 4 is 11.8 Å². The number of nitrogens with zero attached hydrogens (tertiary/aromatic N) is 1. The molecule has 1 atom stereocenters. The van der Waals surface area contributed by atoms with Gasteiger partial charge in [-0.2, -0.15) is 18.1 Å². The predicted octanol–water partition coefficient (Wildman–Crippen LogP) is 4.21. The lowest BCUT2D eigenvalue weighted by Gasteiger charge is -2.26. The molecule has 0 bridgehead atoms. The van der Waals surface area contributed by atoms with Crippen molar-refractivity contribution in [3.8, 4) is 0 Å². The van der Waals surface area contributed by atoms with Crippen molar-refractivity contribution in [3.05, 3.63) is 35.4 Å². The van der Waals surface area contributed by atoms with Gasteiger partial charge >= 0.3 is 6.30 Å². The molecule has 1 saturated carbocycles. The van der Waals surface area contributed by atoms with Gasteiger partial charge in [0.1, 0.15) is 0 Å². The van der Waals surface area contributed by atoms with Crippen LogP contribution in [-0.4, -0.2) is 23.5 Å². The highest BCUT2D eigenvalue weighted by Crippen LogP contribution is 2.44. The molecule has 0 spiro atoms. The van der Waals surface area contributed by atoms with Crippen LogP contribution in [0.5, 0.6) is 0 Å². The highest BCUT2D eigenvalue weighted by molar-refractivity contribution is 7.99. The van der Waals surface area contributed by atoms with Gasteiger partial charge in [0.25, 0.3) is 0 Å². The van der Waals surface area contributed by atoms with Gasteiger partial charge in [-0.15, -0.1) is 11.8 Å². The Balaban J connectivity index is 1.80. The minimum Gasteiger partial charge on any atom is -0.197 e. The normalized spacial score (nSPS) is 24.9. The summed E-state index contributed by atoms with van der Waals surface area (Å²) in [6, 6.07) is 7.69. The molecule has 1 aliphatic carbocycles. The van der Waals surface area contributed by atoms with E-state index in [1.807, 2.05) is 24.3 Å². The second-order valence-corrected chi connectivity index (χ2v) is 6.47. The largest absolute Gasteiger partial charge is 0.461 e. The van der Waals surface area contributed by atoms with Crippen molar-refractivity contribution in [1.82, 2.24) is 4.90 Å². The van der Waals surface area contributed by atoms with Gasteiger partial charge in [0, 0.05) is 12.3 Å². The van der Waals surface area contributed by atoms with E-state index in [2.05, 4.69) is 0 Å². The van der Waals surface area contributed by atoms with Crippen molar-refractivity contribution < 1.29 is 13.2 Å². The standard InChI is InChI=1S/C14H16F3NS/c15-14(16,17)18-6-7-19-13(18)12-3-1-2-11(9-12)8-10-4-5-10/h1-3,9-10,13H,4-8H2. The first-order valence-electron chi connectivity index (χ1n) is 6.58. The van der Waals surface area contributed by atoms with E-state index in [9.17, 15) is 13.2 Å². The molecule has 1 aliphatic heterocycles. The van der Waals surface area contributed by atoms with Crippen LogP contribution in [0.25, 0.3) is 0 Å². The molecule has 1 aromatic carbocycles. The Bertz CT molecular complexity index is 456. The lowest BCUT2D eigenvalue weighted by atomic mass is 10.1. The molecule has 2 fully saturated rings. The highest BCUT2D eigenvalue weighted by Gasteiger charge is 2.45. The number of alkyl halides is 3. The molecule has 1 nitrogen and oxygen atoms in total. The predicted molar refractivity (Wildman–Crippen MR) is 70.8 cm³/mol. The number of hydrogen-bond acceptors (Lipinski definition) is 2. The molecule has 3 rings (SSSR count). The molecule has 5 heteroatoms. The fourth-order valence-electron chi connectivity index (χ4n) is 2.53. The van der Waals surface area contributed by atoms with Crippen molar-refractivity contribution in [2.75, 3.05) is 12.3 Å². The maximum Gasteiger partial charge on any atom is 0.461 e. The third-order valence-electron chi connectivity index (χ3n) is 3.67. The molecule has 0 N–H and O–H groups in total. The lowest BCUT2D eigenvalue weighted by molar-refractivity contribution is -0.246. The quantitative estimate of drug-likeness (QED) is 0.766. The van der Waals surface area contributed by atoms with E-state index in [0.29, 0.717) is 10.7 Å². The maximum atomic E-state index is 12.9. The average molecular weight is 287 g/mol. The van der Waals surface area contributed by atoms with Crippen LogP contribution < -0.4 is 0 Å². The van der Waals surface area contributed by atoms with Gasteiger partial charge in [-0.1, -0.05) is 24.3 Å². The number of thioether (sulfide) groups is 1. The first-order chi connectivity index (χ1) is 9.04. The second-order valence-electron chi connectivity index (χ2n) is 5.28. The molecule has 104 valence electrons. The summed E-state index contributed by atoms with van der Waals surface area (Å²) in [6.45, 7) is 0.0890. The fourth-order valence-corrected chi connectivity index (χ4v) is 3.80. The van der Waals surface area contributed by atoms with E-state index < -0.39 is 11.7 Å². The second kappa shape index (κ2) is 5.02. The molecule has 2 aliphatic rings. The van der Waals surface area contributed by atoms with Crippen molar-refractivity contribution in [1.29, 1.82) is 0 Å². The van der Waals surface area contributed by atoms with Gasteiger partial charge in [0.15, 0.2) is 0 Å². The zero-order valence-corrected chi connectivity index (χ0v) is 11.3. The van der Waals surface area contributed by atoms with Crippen LogP contribution in [0.3, 0.4) is 0 Å². The van der Waals surface area contributed by atoms with Crippen LogP contribution in [0.4, 0.5) is 13.2 Å². The first kappa shape index (κ1) is 13.3. The van der Waals surface area contributed by atoms with E-state index in [1.54, 1.807) is 0 Å². The maximum absolute atomic E-state index is 12.9. The van der Waals surface area contributed by atoms with Gasteiger partial charge in [0.05, 0.1) is 5.37 Å². The third-order valence-corrected chi connectivity index (χ3v) is 4.93. The van der Waals surface area contributed by atoms with Crippen LogP contribution >= 0.6 is 11.8 Å². The smallest absolute Gasteiger partial charge is 0.197 e. The summed E-state index contributed by atoms with van der Waals surface area (Å²) < 4.78 is 38.8. The first-order valence-corrected chi connectivity index (χ1v) is 7.63. The zero-order valence-electron chi connectivity index (χ0n) is 10.5. The average Bonchev–Trinajstić information content (AvgIpc) is 3.01. The van der Waals surface area contributed by atoms with Gasteiger partial charge in [0.2, 0.25) is 0 Å². The molecule has 0 aromatic heterocycles. The number of benzene rings is 1. The number of halogens is 3. The zero-order chi connectivity index (χ0) is 13.5. The van der Waals surface area contributed by atoms with Gasteiger partial charge in [-0.3, -0.25) is 0 Å². The summed E-state index contributed by atoms with van der Waals surface area (Å²) in [6.07, 6.45) is -0.702. The van der Waals surface area contributed by atoms with E-state index in [1.165, 1.54) is 30.2 Å². The lowest BCUT2D eigenvalue weighted by Crippen LogP contribution is -2.37. The summed E-state index contributed by atoms with van der Waals surface area (Å²) in [5, 5.41) is -0.570. The van der Waals surface area contributed by atoms with E-state index >= 15 is 0 Å². The molecular weight excluding hydrogens is 271 g/mol. The minimum absolute atomic E-state index is 0.0890. The van der Waals surface area contributed by atoms with Crippen LogP contribution in [0.15, 0.2) is 24.3 Å². The summed E-state index contributed by atoms with van der Waals surface area (Å²) in [5.41, 5.74) is 1.97. The minimum atomic E-state index is -4.24. The third kappa shape index (κ3) is 3.08. The van der Waals surface area contributed by atoms with Gasteiger partial charge in [-0.25, -0.2) is 0 Å². The number of hydrogen-bond donors (Lipinski definition) is 0. The Kier molecular flexibility index (Phi) is 3.52. The van der Waals surface area contributed by atoms with E-state index in [0.717, 1.165) is 17.9 Å². The summed E-state index contributed by atoms with van der Waals surface area (Å²) >= 11 is 1.38. The van der Waals surface area contributed by atoms with Crippen molar-refractivity contribution in [3.63, 3.8) is 0 Å². The summed E-state index contributed by atoms with van der Waals surface area (Å²) in [7, 11) is 0. The molecule has 1 heterocycles. The van der Waals surface area contributed by atoms with Crippen LogP contribution in [0.2, 0.25) is 0 Å². The van der Waals surface area contributed by atoms with Crippen molar-refractivity contribution in [2.45, 2.75) is 30.9 Å². The molecule has 1 saturated heterocycles. The Morgan fingerprint density at radius 1 is 1.26 bits per heavy atom. The van der Waals surface area contributed by atoms with Crippen LogP contribution in [-0.2, 0) is 6.42 Å². The Labute approximate surface area is 115 Å². The fraction of sp³-hybridized carbons (Fsp3) is 0.571. The Morgan fingerprint density at radius 2 is 2.05 bits per heavy atom. The summed E-state index contributed by atoms with van der Waals surface area (Å²) in [4.78, 5) is 0.647. The topological polar surface area (TPSA) is 3.24 Å². The van der Waals surface area contributed by atoms with Gasteiger partial charge < -0.3 is 0 Å². The molecule has 19 heavy (non-hydrogen) atoms.